The topological polar surface area (TPSA) is 58.6 Å². The van der Waals surface area contributed by atoms with Gasteiger partial charge in [0.15, 0.2) is 0 Å². The molecule has 2 aromatic rings. The molecule has 5 nitrogen and oxygen atoms in total. The Bertz CT molecular complexity index is 721. The lowest BCUT2D eigenvalue weighted by Gasteiger charge is -2.15. The van der Waals surface area contributed by atoms with Crippen molar-refractivity contribution >= 4 is 28.3 Å². The minimum atomic E-state index is -0.410. The molecule has 0 spiro atoms. The van der Waals surface area contributed by atoms with Crippen LogP contribution >= 0.6 is 11.3 Å². The molecule has 1 saturated heterocycles. The summed E-state index contributed by atoms with van der Waals surface area (Å²) in [5, 5.41) is 3.43. The summed E-state index contributed by atoms with van der Waals surface area (Å²) in [6, 6.07) is 11.4. The standard InChI is InChI=1S/C18H20N2O3S/c1-2-23-17(21)14-12-15(13-8-4-3-5-9-13)24-16(14)19-18(22)20-10-6-7-11-20/h3-5,8-9,12H,2,6-7,10-11H2,1H3,(H,19,22). The molecule has 1 fully saturated rings. The number of nitrogens with zero attached hydrogens (tertiary/aromatic N) is 1. The third kappa shape index (κ3) is 3.59. The van der Waals surface area contributed by atoms with Gasteiger partial charge in [0.2, 0.25) is 0 Å². The Morgan fingerprint density at radius 3 is 2.58 bits per heavy atom. The first-order chi connectivity index (χ1) is 11.7. The number of esters is 1. The first-order valence-corrected chi connectivity index (χ1v) is 8.93. The first-order valence-electron chi connectivity index (χ1n) is 8.11. The number of likely N-dealkylation sites (tertiary alicyclic amines) is 1. The number of thiophene rings is 1. The second-order valence-electron chi connectivity index (χ2n) is 5.56. The summed E-state index contributed by atoms with van der Waals surface area (Å²) in [5.41, 5.74) is 1.42. The van der Waals surface area contributed by atoms with Gasteiger partial charge in [-0.1, -0.05) is 30.3 Å². The molecular weight excluding hydrogens is 324 g/mol. The largest absolute Gasteiger partial charge is 0.462 e. The van der Waals surface area contributed by atoms with Gasteiger partial charge in [0.25, 0.3) is 0 Å². The van der Waals surface area contributed by atoms with Crippen molar-refractivity contribution in [3.05, 3.63) is 42.0 Å². The number of hydrogen-bond donors (Lipinski definition) is 1. The van der Waals surface area contributed by atoms with E-state index in [1.807, 2.05) is 30.3 Å². The molecule has 0 unspecified atom stereocenters. The van der Waals surface area contributed by atoms with Crippen molar-refractivity contribution in [3.63, 3.8) is 0 Å². The second kappa shape index (κ2) is 7.49. The van der Waals surface area contributed by atoms with Crippen LogP contribution in [0.15, 0.2) is 36.4 Å². The molecule has 0 atom stereocenters. The van der Waals surface area contributed by atoms with Crippen LogP contribution in [0.25, 0.3) is 10.4 Å². The number of hydrogen-bond acceptors (Lipinski definition) is 4. The molecule has 1 aliphatic rings. The van der Waals surface area contributed by atoms with E-state index in [0.717, 1.165) is 36.4 Å². The van der Waals surface area contributed by atoms with E-state index in [0.29, 0.717) is 17.2 Å². The number of ether oxygens (including phenoxy) is 1. The Balaban J connectivity index is 1.88. The highest BCUT2D eigenvalue weighted by Gasteiger charge is 2.23. The van der Waals surface area contributed by atoms with Gasteiger partial charge in [-0.2, -0.15) is 0 Å². The minimum Gasteiger partial charge on any atom is -0.462 e. The Labute approximate surface area is 145 Å². The van der Waals surface area contributed by atoms with Crippen molar-refractivity contribution in [1.82, 2.24) is 4.90 Å². The van der Waals surface area contributed by atoms with Gasteiger partial charge in [0.05, 0.1) is 12.2 Å². The third-order valence-electron chi connectivity index (χ3n) is 3.90. The first kappa shape index (κ1) is 16.5. The number of anilines is 1. The number of urea groups is 1. The SMILES string of the molecule is CCOC(=O)c1cc(-c2ccccc2)sc1NC(=O)N1CCCC1. The molecule has 3 rings (SSSR count). The van der Waals surface area contributed by atoms with Crippen molar-refractivity contribution < 1.29 is 14.3 Å². The predicted octanol–water partition coefficient (Wildman–Crippen LogP) is 4.22. The van der Waals surface area contributed by atoms with Gasteiger partial charge in [-0.05, 0) is 31.4 Å². The van der Waals surface area contributed by atoms with E-state index >= 15 is 0 Å². The minimum absolute atomic E-state index is 0.153. The Kier molecular flexibility index (Phi) is 5.15. The molecular formula is C18H20N2O3S. The summed E-state index contributed by atoms with van der Waals surface area (Å²) in [6.07, 6.45) is 2.05. The fourth-order valence-electron chi connectivity index (χ4n) is 2.69. The second-order valence-corrected chi connectivity index (χ2v) is 6.62. The molecule has 0 bridgehead atoms. The van der Waals surface area contributed by atoms with Gasteiger partial charge < -0.3 is 9.64 Å². The van der Waals surface area contributed by atoms with Crippen molar-refractivity contribution in [1.29, 1.82) is 0 Å². The van der Waals surface area contributed by atoms with Crippen molar-refractivity contribution in [3.8, 4) is 10.4 Å². The van der Waals surface area contributed by atoms with Crippen LogP contribution in [0.4, 0.5) is 9.80 Å². The normalized spacial score (nSPS) is 13.8. The van der Waals surface area contributed by atoms with E-state index in [1.165, 1.54) is 11.3 Å². The maximum Gasteiger partial charge on any atom is 0.341 e. The highest BCUT2D eigenvalue weighted by molar-refractivity contribution is 7.20. The highest BCUT2D eigenvalue weighted by atomic mass is 32.1. The lowest BCUT2D eigenvalue weighted by molar-refractivity contribution is 0.0528. The quantitative estimate of drug-likeness (QED) is 0.845. The molecule has 0 radical (unpaired) electrons. The van der Waals surface area contributed by atoms with E-state index in [1.54, 1.807) is 17.9 Å². The molecule has 2 amide bonds. The van der Waals surface area contributed by atoms with Crippen LogP contribution in [-0.2, 0) is 4.74 Å². The summed E-state index contributed by atoms with van der Waals surface area (Å²) < 4.78 is 5.13. The van der Waals surface area contributed by atoms with Crippen LogP contribution < -0.4 is 5.32 Å². The average molecular weight is 344 g/mol. The molecule has 1 aromatic heterocycles. The number of carbonyl (C=O) groups excluding carboxylic acids is 2. The van der Waals surface area contributed by atoms with E-state index in [9.17, 15) is 9.59 Å². The van der Waals surface area contributed by atoms with E-state index in [4.69, 9.17) is 4.74 Å². The van der Waals surface area contributed by atoms with Crippen LogP contribution in [0.3, 0.4) is 0 Å². The summed E-state index contributed by atoms with van der Waals surface area (Å²) in [4.78, 5) is 27.3. The molecule has 24 heavy (non-hydrogen) atoms. The Morgan fingerprint density at radius 2 is 1.92 bits per heavy atom. The summed E-state index contributed by atoms with van der Waals surface area (Å²) in [7, 11) is 0. The number of carbonyl (C=O) groups is 2. The number of nitrogens with one attached hydrogen (secondary N) is 1. The average Bonchev–Trinajstić information content (AvgIpc) is 3.26. The summed E-state index contributed by atoms with van der Waals surface area (Å²) >= 11 is 1.39. The molecule has 1 N–H and O–H groups in total. The van der Waals surface area contributed by atoms with Crippen LogP contribution in [0.1, 0.15) is 30.1 Å². The molecule has 126 valence electrons. The van der Waals surface area contributed by atoms with Crippen molar-refractivity contribution in [2.75, 3.05) is 25.0 Å². The Hall–Kier alpha value is -2.34. The smallest absolute Gasteiger partial charge is 0.341 e. The lowest BCUT2D eigenvalue weighted by Crippen LogP contribution is -2.32. The highest BCUT2D eigenvalue weighted by Crippen LogP contribution is 2.36. The molecule has 1 aliphatic heterocycles. The van der Waals surface area contributed by atoms with Crippen LogP contribution in [0, 0.1) is 0 Å². The zero-order chi connectivity index (χ0) is 16.9. The molecule has 1 aromatic carbocycles. The number of amides is 2. The zero-order valence-corrected chi connectivity index (χ0v) is 14.4. The van der Waals surface area contributed by atoms with Crippen molar-refractivity contribution in [2.24, 2.45) is 0 Å². The van der Waals surface area contributed by atoms with E-state index in [-0.39, 0.29) is 6.03 Å². The van der Waals surface area contributed by atoms with Gasteiger partial charge in [0.1, 0.15) is 5.00 Å². The number of benzene rings is 1. The van der Waals surface area contributed by atoms with Crippen LogP contribution in [0.5, 0.6) is 0 Å². The van der Waals surface area contributed by atoms with Crippen LogP contribution in [-0.4, -0.2) is 36.6 Å². The maximum atomic E-state index is 12.4. The third-order valence-corrected chi connectivity index (χ3v) is 5.00. The Morgan fingerprint density at radius 1 is 1.21 bits per heavy atom. The zero-order valence-electron chi connectivity index (χ0n) is 13.6. The fourth-order valence-corrected chi connectivity index (χ4v) is 3.73. The van der Waals surface area contributed by atoms with Crippen LogP contribution in [0.2, 0.25) is 0 Å². The van der Waals surface area contributed by atoms with E-state index < -0.39 is 5.97 Å². The fraction of sp³-hybridized carbons (Fsp3) is 0.333. The predicted molar refractivity (Wildman–Crippen MR) is 95.5 cm³/mol. The maximum absolute atomic E-state index is 12.4. The van der Waals surface area contributed by atoms with Gasteiger partial charge in [-0.3, -0.25) is 5.32 Å². The van der Waals surface area contributed by atoms with Gasteiger partial charge in [-0.15, -0.1) is 11.3 Å². The van der Waals surface area contributed by atoms with Gasteiger partial charge in [0, 0.05) is 18.0 Å². The molecule has 0 saturated carbocycles. The van der Waals surface area contributed by atoms with Crippen molar-refractivity contribution in [2.45, 2.75) is 19.8 Å². The molecule has 6 heteroatoms. The molecule has 2 heterocycles. The van der Waals surface area contributed by atoms with Gasteiger partial charge in [-0.25, -0.2) is 9.59 Å². The molecule has 0 aliphatic carbocycles. The summed E-state index contributed by atoms with van der Waals surface area (Å²) in [6.45, 7) is 3.59. The van der Waals surface area contributed by atoms with E-state index in [2.05, 4.69) is 5.32 Å². The summed E-state index contributed by atoms with van der Waals surface area (Å²) in [5.74, 6) is -0.410. The lowest BCUT2D eigenvalue weighted by atomic mass is 10.1. The van der Waals surface area contributed by atoms with Gasteiger partial charge >= 0.3 is 12.0 Å². The monoisotopic (exact) mass is 344 g/mol. The number of rotatable bonds is 4.